The van der Waals surface area contributed by atoms with Crippen LogP contribution in [0.4, 0.5) is 0 Å². The molecule has 0 spiro atoms. The van der Waals surface area contributed by atoms with E-state index in [0.717, 1.165) is 66.4 Å². The van der Waals surface area contributed by atoms with Gasteiger partial charge in [0.15, 0.2) is 0 Å². The standard InChI is InChI=1S/C53H46N4O.Pt/c1-31(2)53(8)30-58-52(55-53)40-25-39(50-35(6)21-33(4)22-36(50)7)26-41(27-40)56-46-18-16-32(3)23-43(46)44-24-34(5)48(29-49(44)56)57-47-19-17-38(37-13-10-9-11-14-37)28-45(47)42-15-12-20-54-51(42)57;/h9-26,28,31H,30H2,1-8H3;/q-2;+2/t53-;/m0./s1. The predicted octanol–water partition coefficient (Wildman–Crippen LogP) is 12.9. The van der Waals surface area contributed by atoms with Gasteiger partial charge in [-0.2, -0.15) is 6.07 Å². The average Bonchev–Trinajstić information content (AvgIpc) is 3.87. The van der Waals surface area contributed by atoms with Crippen LogP contribution in [0.15, 0.2) is 120 Å². The quantitative estimate of drug-likeness (QED) is 0.156. The molecule has 0 N–H and O–H groups in total. The van der Waals surface area contributed by atoms with Crippen molar-refractivity contribution in [3.63, 3.8) is 0 Å². The second-order valence-corrected chi connectivity index (χ2v) is 16.9. The Morgan fingerprint density at radius 3 is 2.12 bits per heavy atom. The first kappa shape index (κ1) is 38.7. The summed E-state index contributed by atoms with van der Waals surface area (Å²) in [5.74, 6) is 0.969. The molecule has 59 heavy (non-hydrogen) atoms. The Hall–Kier alpha value is -5.77. The first-order valence-corrected chi connectivity index (χ1v) is 20.3. The van der Waals surface area contributed by atoms with Crippen LogP contribution in [0.3, 0.4) is 0 Å². The van der Waals surface area contributed by atoms with E-state index in [1.807, 2.05) is 12.3 Å². The molecular formula is C53H46N4OPt. The van der Waals surface area contributed by atoms with Gasteiger partial charge in [-0.3, -0.25) is 4.99 Å². The number of benzene rings is 6. The SMILES string of the molecule is Cc1cc(C)c(-c2cc(C3=N[C@](C)(C(C)C)CO3)[c-]c(-n3c4[c-]c(-n5c6ccc(-c7ccccc7)cc6c6cccnc65)c(C)cc4c4cc(C)ccc43)c2)c(C)c1.[Pt+2]. The maximum absolute atomic E-state index is 6.44. The molecule has 1 atom stereocenters. The molecule has 1 aliphatic heterocycles. The number of aromatic nitrogens is 3. The Kier molecular flexibility index (Phi) is 9.52. The van der Waals surface area contributed by atoms with Crippen LogP contribution >= 0.6 is 0 Å². The van der Waals surface area contributed by atoms with E-state index in [1.165, 1.54) is 44.3 Å². The van der Waals surface area contributed by atoms with Gasteiger partial charge in [0.05, 0.1) is 11.1 Å². The van der Waals surface area contributed by atoms with Gasteiger partial charge < -0.3 is 13.9 Å². The number of hydrogen-bond acceptors (Lipinski definition) is 3. The first-order valence-electron chi connectivity index (χ1n) is 20.3. The topological polar surface area (TPSA) is 44.3 Å². The zero-order valence-corrected chi connectivity index (χ0v) is 37.0. The summed E-state index contributed by atoms with van der Waals surface area (Å²) in [4.78, 5) is 10.2. The first-order chi connectivity index (χ1) is 28.0. The Labute approximate surface area is 360 Å². The summed E-state index contributed by atoms with van der Waals surface area (Å²) in [5, 5.41) is 4.59. The maximum Gasteiger partial charge on any atom is 2.00 e. The summed E-state index contributed by atoms with van der Waals surface area (Å²) in [7, 11) is 0. The van der Waals surface area contributed by atoms with Gasteiger partial charge in [0.25, 0.3) is 0 Å². The molecule has 294 valence electrons. The molecule has 0 unspecified atom stereocenters. The van der Waals surface area contributed by atoms with E-state index in [0.29, 0.717) is 18.4 Å². The van der Waals surface area contributed by atoms with Crippen molar-refractivity contribution in [1.82, 2.24) is 14.1 Å². The van der Waals surface area contributed by atoms with Crippen molar-refractivity contribution < 1.29 is 25.8 Å². The summed E-state index contributed by atoms with van der Waals surface area (Å²) < 4.78 is 11.1. The molecule has 6 aromatic carbocycles. The van der Waals surface area contributed by atoms with E-state index in [4.69, 9.17) is 14.7 Å². The smallest absolute Gasteiger partial charge is 0.518 e. The molecule has 0 amide bonds. The molecule has 0 aliphatic carbocycles. The van der Waals surface area contributed by atoms with Crippen molar-refractivity contribution in [1.29, 1.82) is 0 Å². The number of nitrogens with zero attached hydrogens (tertiary/aromatic N) is 4. The van der Waals surface area contributed by atoms with Gasteiger partial charge in [-0.15, -0.1) is 35.2 Å². The molecule has 0 radical (unpaired) electrons. The number of hydrogen-bond donors (Lipinski definition) is 0. The van der Waals surface area contributed by atoms with E-state index in [1.54, 1.807) is 0 Å². The third kappa shape index (κ3) is 6.33. The van der Waals surface area contributed by atoms with Gasteiger partial charge in [0, 0.05) is 22.5 Å². The van der Waals surface area contributed by atoms with Gasteiger partial charge in [-0.1, -0.05) is 115 Å². The van der Waals surface area contributed by atoms with Crippen molar-refractivity contribution in [2.75, 3.05) is 6.61 Å². The summed E-state index contributed by atoms with van der Waals surface area (Å²) in [5.41, 5.74) is 17.3. The van der Waals surface area contributed by atoms with Crippen LogP contribution in [0.25, 0.3) is 77.4 Å². The van der Waals surface area contributed by atoms with Crippen LogP contribution in [-0.4, -0.2) is 32.2 Å². The van der Waals surface area contributed by atoms with Gasteiger partial charge in [0.1, 0.15) is 18.2 Å². The summed E-state index contributed by atoms with van der Waals surface area (Å²) >= 11 is 0. The molecule has 5 nitrogen and oxygen atoms in total. The molecule has 0 bridgehead atoms. The molecule has 0 saturated carbocycles. The Bertz CT molecular complexity index is 3150. The number of aryl methyl sites for hydroxylation is 5. The van der Waals surface area contributed by atoms with Crippen LogP contribution in [0.1, 0.15) is 54.2 Å². The Balaban J connectivity index is 0.00000449. The monoisotopic (exact) mass is 949 g/mol. The molecule has 10 rings (SSSR count). The average molecular weight is 950 g/mol. The zero-order chi connectivity index (χ0) is 40.0. The van der Waals surface area contributed by atoms with Gasteiger partial charge >= 0.3 is 21.1 Å². The molecule has 9 aromatic rings. The molecule has 4 heterocycles. The Morgan fingerprint density at radius 1 is 0.644 bits per heavy atom. The predicted molar refractivity (Wildman–Crippen MR) is 241 cm³/mol. The van der Waals surface area contributed by atoms with Crippen LogP contribution in [-0.2, 0) is 25.8 Å². The van der Waals surface area contributed by atoms with Crippen molar-refractivity contribution in [2.24, 2.45) is 10.9 Å². The van der Waals surface area contributed by atoms with Crippen molar-refractivity contribution in [3.8, 4) is 33.6 Å². The molecule has 3 aromatic heterocycles. The van der Waals surface area contributed by atoms with Crippen LogP contribution in [0.2, 0.25) is 0 Å². The molecule has 0 saturated heterocycles. The molecule has 6 heteroatoms. The minimum atomic E-state index is -0.308. The number of aliphatic imine (C=N–C) groups is 1. The number of rotatable bonds is 6. The number of pyridine rings is 1. The zero-order valence-electron chi connectivity index (χ0n) is 34.8. The van der Waals surface area contributed by atoms with E-state index < -0.39 is 0 Å². The number of ether oxygens (including phenoxy) is 1. The van der Waals surface area contributed by atoms with Crippen molar-refractivity contribution in [2.45, 2.75) is 60.9 Å². The summed E-state index contributed by atoms with van der Waals surface area (Å²) in [6.45, 7) is 18.1. The minimum Gasteiger partial charge on any atom is -0.518 e. The fourth-order valence-corrected chi connectivity index (χ4v) is 9.07. The van der Waals surface area contributed by atoms with Gasteiger partial charge in [-0.05, 0) is 110 Å². The fourth-order valence-electron chi connectivity index (χ4n) is 9.07. The van der Waals surface area contributed by atoms with E-state index in [2.05, 4.69) is 180 Å². The largest absolute Gasteiger partial charge is 2.00 e. The normalized spacial score (nSPS) is 15.4. The second-order valence-electron chi connectivity index (χ2n) is 16.9. The maximum atomic E-state index is 6.44. The van der Waals surface area contributed by atoms with E-state index >= 15 is 0 Å². The third-order valence-corrected chi connectivity index (χ3v) is 12.4. The summed E-state index contributed by atoms with van der Waals surface area (Å²) in [6.07, 6.45) is 1.89. The van der Waals surface area contributed by atoms with Gasteiger partial charge in [-0.25, -0.2) is 4.98 Å². The molecule has 0 fully saturated rings. The van der Waals surface area contributed by atoms with Crippen LogP contribution in [0, 0.1) is 52.7 Å². The van der Waals surface area contributed by atoms with E-state index in [9.17, 15) is 0 Å². The third-order valence-electron chi connectivity index (χ3n) is 12.4. The second kappa shape index (κ2) is 14.5. The summed E-state index contributed by atoms with van der Waals surface area (Å²) in [6, 6.07) is 47.5. The van der Waals surface area contributed by atoms with Gasteiger partial charge in [0.2, 0.25) is 0 Å². The number of fused-ring (bicyclic) bond motifs is 6. The minimum absolute atomic E-state index is 0. The van der Waals surface area contributed by atoms with E-state index in [-0.39, 0.29) is 26.6 Å². The molecule has 1 aliphatic rings. The Morgan fingerprint density at radius 2 is 1.37 bits per heavy atom. The van der Waals surface area contributed by atoms with Crippen molar-refractivity contribution >= 4 is 49.6 Å². The van der Waals surface area contributed by atoms with Crippen molar-refractivity contribution in [3.05, 3.63) is 161 Å². The van der Waals surface area contributed by atoms with Crippen LogP contribution < -0.4 is 0 Å². The molecular weight excluding hydrogens is 904 g/mol. The fraction of sp³-hybridized carbons (Fsp3) is 0.208. The van der Waals surface area contributed by atoms with Crippen LogP contribution in [0.5, 0.6) is 0 Å².